The minimum absolute atomic E-state index is 0.0237. The second-order valence-electron chi connectivity index (χ2n) is 5.97. The molecule has 0 radical (unpaired) electrons. The standard InChI is InChI=1S/C18H26N2O4/c1-4-12(2)17(18(23)24)20-16(22)11-10-15(21)19-13(3)14-8-6-5-7-9-14/h5-9,12-13,17H,4,10-11H2,1-3H3,(H,19,21)(H,20,22)(H,23,24)/t12-,13+,17-/m0/s1. The molecule has 132 valence electrons. The highest BCUT2D eigenvalue weighted by atomic mass is 16.4. The normalized spacial score (nSPS) is 14.3. The first-order valence-corrected chi connectivity index (χ1v) is 8.21. The van der Waals surface area contributed by atoms with Crippen LogP contribution < -0.4 is 10.6 Å². The number of hydrogen-bond donors (Lipinski definition) is 3. The van der Waals surface area contributed by atoms with E-state index in [0.29, 0.717) is 6.42 Å². The molecule has 0 saturated heterocycles. The Kier molecular flexibility index (Phi) is 7.95. The van der Waals surface area contributed by atoms with Gasteiger partial charge in [0.05, 0.1) is 6.04 Å². The summed E-state index contributed by atoms with van der Waals surface area (Å²) in [6, 6.07) is 8.46. The van der Waals surface area contributed by atoms with Gasteiger partial charge >= 0.3 is 5.97 Å². The quantitative estimate of drug-likeness (QED) is 0.645. The molecule has 6 heteroatoms. The van der Waals surface area contributed by atoms with Crippen molar-refractivity contribution in [3.05, 3.63) is 35.9 Å². The van der Waals surface area contributed by atoms with Gasteiger partial charge in [-0.2, -0.15) is 0 Å². The van der Waals surface area contributed by atoms with Crippen LogP contribution in [0.4, 0.5) is 0 Å². The summed E-state index contributed by atoms with van der Waals surface area (Å²) in [5, 5.41) is 14.5. The lowest BCUT2D eigenvalue weighted by Gasteiger charge is -2.20. The van der Waals surface area contributed by atoms with Gasteiger partial charge in [-0.15, -0.1) is 0 Å². The van der Waals surface area contributed by atoms with Crippen LogP contribution in [0.5, 0.6) is 0 Å². The molecule has 0 aliphatic rings. The Hall–Kier alpha value is -2.37. The van der Waals surface area contributed by atoms with Crippen molar-refractivity contribution in [1.82, 2.24) is 10.6 Å². The number of hydrogen-bond acceptors (Lipinski definition) is 3. The van der Waals surface area contributed by atoms with Gasteiger partial charge in [0, 0.05) is 12.8 Å². The fraction of sp³-hybridized carbons (Fsp3) is 0.500. The van der Waals surface area contributed by atoms with Crippen LogP contribution in [0.3, 0.4) is 0 Å². The van der Waals surface area contributed by atoms with Crippen molar-refractivity contribution < 1.29 is 19.5 Å². The zero-order valence-corrected chi connectivity index (χ0v) is 14.4. The van der Waals surface area contributed by atoms with E-state index in [2.05, 4.69) is 10.6 Å². The van der Waals surface area contributed by atoms with Crippen LogP contribution in [0.1, 0.15) is 51.6 Å². The van der Waals surface area contributed by atoms with Crippen LogP contribution in [0.25, 0.3) is 0 Å². The van der Waals surface area contributed by atoms with E-state index in [1.807, 2.05) is 44.2 Å². The Balaban J connectivity index is 2.43. The second-order valence-corrected chi connectivity index (χ2v) is 5.97. The molecular formula is C18H26N2O4. The zero-order chi connectivity index (χ0) is 18.1. The summed E-state index contributed by atoms with van der Waals surface area (Å²) in [6.45, 7) is 5.51. The Bertz CT molecular complexity index is 559. The van der Waals surface area contributed by atoms with E-state index in [1.54, 1.807) is 6.92 Å². The van der Waals surface area contributed by atoms with Crippen LogP contribution in [-0.2, 0) is 14.4 Å². The predicted molar refractivity (Wildman–Crippen MR) is 91.3 cm³/mol. The molecule has 1 aromatic carbocycles. The Morgan fingerprint density at radius 1 is 1.00 bits per heavy atom. The topological polar surface area (TPSA) is 95.5 Å². The van der Waals surface area contributed by atoms with E-state index < -0.39 is 17.9 Å². The first kappa shape index (κ1) is 19.7. The monoisotopic (exact) mass is 334 g/mol. The van der Waals surface area contributed by atoms with Gasteiger partial charge in [0.15, 0.2) is 0 Å². The zero-order valence-electron chi connectivity index (χ0n) is 14.4. The number of amides is 2. The van der Waals surface area contributed by atoms with E-state index in [1.165, 1.54) is 0 Å². The summed E-state index contributed by atoms with van der Waals surface area (Å²) in [5.74, 6) is -1.89. The molecule has 0 spiro atoms. The van der Waals surface area contributed by atoms with Crippen molar-refractivity contribution >= 4 is 17.8 Å². The van der Waals surface area contributed by atoms with Gasteiger partial charge in [0.1, 0.15) is 6.04 Å². The molecule has 2 amide bonds. The fourth-order valence-corrected chi connectivity index (χ4v) is 2.29. The molecule has 24 heavy (non-hydrogen) atoms. The minimum Gasteiger partial charge on any atom is -0.480 e. The molecule has 0 aliphatic carbocycles. The molecule has 0 heterocycles. The average Bonchev–Trinajstić information content (AvgIpc) is 2.57. The van der Waals surface area contributed by atoms with Gasteiger partial charge in [-0.05, 0) is 18.4 Å². The Morgan fingerprint density at radius 3 is 2.04 bits per heavy atom. The molecule has 0 aromatic heterocycles. The maximum Gasteiger partial charge on any atom is 0.326 e. The van der Waals surface area contributed by atoms with E-state index in [4.69, 9.17) is 5.11 Å². The van der Waals surface area contributed by atoms with Crippen LogP contribution >= 0.6 is 0 Å². The molecule has 6 nitrogen and oxygen atoms in total. The second kappa shape index (κ2) is 9.70. The molecule has 0 fully saturated rings. The van der Waals surface area contributed by atoms with Crippen molar-refractivity contribution in [3.8, 4) is 0 Å². The van der Waals surface area contributed by atoms with Crippen LogP contribution in [0.2, 0.25) is 0 Å². The Labute approximate surface area is 142 Å². The summed E-state index contributed by atoms with van der Waals surface area (Å²) in [4.78, 5) is 35.0. The van der Waals surface area contributed by atoms with Gasteiger partial charge in [0.2, 0.25) is 11.8 Å². The van der Waals surface area contributed by atoms with E-state index >= 15 is 0 Å². The van der Waals surface area contributed by atoms with Crippen molar-refractivity contribution in [1.29, 1.82) is 0 Å². The van der Waals surface area contributed by atoms with Gasteiger partial charge in [-0.25, -0.2) is 4.79 Å². The SMILES string of the molecule is CC[C@H](C)[C@H](NC(=O)CCC(=O)N[C@H](C)c1ccccc1)C(=O)O. The smallest absolute Gasteiger partial charge is 0.326 e. The first-order valence-electron chi connectivity index (χ1n) is 8.21. The summed E-state index contributed by atoms with van der Waals surface area (Å²) >= 11 is 0. The fourth-order valence-electron chi connectivity index (χ4n) is 2.29. The molecule has 3 atom stereocenters. The van der Waals surface area contributed by atoms with Crippen LogP contribution in [0, 0.1) is 5.92 Å². The highest BCUT2D eigenvalue weighted by Gasteiger charge is 2.25. The van der Waals surface area contributed by atoms with E-state index in [9.17, 15) is 14.4 Å². The van der Waals surface area contributed by atoms with E-state index in [0.717, 1.165) is 5.56 Å². The molecule has 0 aliphatic heterocycles. The number of benzene rings is 1. The van der Waals surface area contributed by atoms with Crippen molar-refractivity contribution in [3.63, 3.8) is 0 Å². The summed E-state index contributed by atoms with van der Waals surface area (Å²) in [7, 11) is 0. The molecule has 1 rings (SSSR count). The number of aliphatic carboxylic acids is 1. The number of carbonyl (C=O) groups excluding carboxylic acids is 2. The average molecular weight is 334 g/mol. The van der Waals surface area contributed by atoms with Gasteiger partial charge in [-0.1, -0.05) is 50.6 Å². The van der Waals surface area contributed by atoms with Crippen LogP contribution in [-0.4, -0.2) is 28.9 Å². The molecule has 3 N–H and O–H groups in total. The maximum atomic E-state index is 11.9. The Morgan fingerprint density at radius 2 is 1.54 bits per heavy atom. The largest absolute Gasteiger partial charge is 0.480 e. The number of nitrogens with one attached hydrogen (secondary N) is 2. The lowest BCUT2D eigenvalue weighted by molar-refractivity contribution is -0.143. The number of carboxylic acid groups (broad SMARTS) is 1. The van der Waals surface area contributed by atoms with Gasteiger partial charge in [0.25, 0.3) is 0 Å². The van der Waals surface area contributed by atoms with Crippen LogP contribution in [0.15, 0.2) is 30.3 Å². The number of carboxylic acids is 1. The molecule has 0 saturated carbocycles. The number of rotatable bonds is 9. The first-order chi connectivity index (χ1) is 11.3. The van der Waals surface area contributed by atoms with E-state index in [-0.39, 0.29) is 30.7 Å². The molecule has 0 bridgehead atoms. The summed E-state index contributed by atoms with van der Waals surface area (Å²) in [5.41, 5.74) is 0.984. The maximum absolute atomic E-state index is 11.9. The molecule has 0 unspecified atom stereocenters. The van der Waals surface area contributed by atoms with Crippen molar-refractivity contribution in [2.75, 3.05) is 0 Å². The number of carbonyl (C=O) groups is 3. The summed E-state index contributed by atoms with van der Waals surface area (Å²) < 4.78 is 0. The predicted octanol–water partition coefficient (Wildman–Crippen LogP) is 2.26. The molecule has 1 aromatic rings. The summed E-state index contributed by atoms with van der Waals surface area (Å²) in [6.07, 6.45) is 0.635. The highest BCUT2D eigenvalue weighted by Crippen LogP contribution is 2.12. The third-order valence-electron chi connectivity index (χ3n) is 4.05. The highest BCUT2D eigenvalue weighted by molar-refractivity contribution is 5.87. The van der Waals surface area contributed by atoms with Gasteiger partial charge in [-0.3, -0.25) is 9.59 Å². The third kappa shape index (κ3) is 6.40. The lowest BCUT2D eigenvalue weighted by Crippen LogP contribution is -2.45. The molecular weight excluding hydrogens is 308 g/mol. The van der Waals surface area contributed by atoms with Crippen molar-refractivity contribution in [2.24, 2.45) is 5.92 Å². The third-order valence-corrected chi connectivity index (χ3v) is 4.05. The van der Waals surface area contributed by atoms with Gasteiger partial charge < -0.3 is 15.7 Å². The van der Waals surface area contributed by atoms with Crippen molar-refractivity contribution in [2.45, 2.75) is 52.1 Å². The lowest BCUT2D eigenvalue weighted by atomic mass is 9.99. The minimum atomic E-state index is -1.06.